The fourth-order valence-electron chi connectivity index (χ4n) is 2.30. The molecule has 0 aliphatic heterocycles. The first kappa shape index (κ1) is 17.6. The van der Waals surface area contributed by atoms with Crippen LogP contribution in [-0.4, -0.2) is 22.2 Å². The number of para-hydroxylation sites is 1. The second-order valence-corrected chi connectivity index (χ2v) is 6.68. The van der Waals surface area contributed by atoms with Gasteiger partial charge in [-0.15, -0.1) is 0 Å². The van der Waals surface area contributed by atoms with E-state index in [2.05, 4.69) is 15.5 Å². The van der Waals surface area contributed by atoms with Crippen molar-refractivity contribution in [2.45, 2.75) is 13.8 Å². The van der Waals surface area contributed by atoms with Gasteiger partial charge in [0.1, 0.15) is 10.6 Å². The number of phenols is 1. The number of carbonyl (C=O) groups excluding carboxylic acids is 1. The Bertz CT molecular complexity index is 1050. The largest absolute Gasteiger partial charge is 0.507 e. The van der Waals surface area contributed by atoms with Gasteiger partial charge in [-0.1, -0.05) is 12.1 Å². The normalized spacial score (nSPS) is 11.0. The highest BCUT2D eigenvalue weighted by Crippen LogP contribution is 2.15. The summed E-state index contributed by atoms with van der Waals surface area (Å²) < 4.78 is 1.80. The number of aromatic hydroxyl groups is 1. The number of aromatic nitrogens is 2. The summed E-state index contributed by atoms with van der Waals surface area (Å²) in [5.41, 5.74) is 4.69. The fourth-order valence-corrected chi connectivity index (χ4v) is 3.01. The van der Waals surface area contributed by atoms with E-state index in [1.165, 1.54) is 18.3 Å². The number of hydrogen-bond acceptors (Lipinski definition) is 5. The molecule has 2 heterocycles. The number of aryl methyl sites for hydroxylation is 2. The van der Waals surface area contributed by atoms with Crippen LogP contribution in [0.15, 0.2) is 52.6 Å². The predicted molar refractivity (Wildman–Crippen MR) is 99.1 cm³/mol. The van der Waals surface area contributed by atoms with E-state index in [1.54, 1.807) is 16.7 Å². The topological polar surface area (TPSA) is 98.4 Å². The fraction of sp³-hybridized carbons (Fsp3) is 0.111. The molecule has 1 aromatic carbocycles. The van der Waals surface area contributed by atoms with Gasteiger partial charge >= 0.3 is 10.7 Å². The molecule has 0 saturated heterocycles. The van der Waals surface area contributed by atoms with Crippen LogP contribution in [0.5, 0.6) is 5.75 Å². The number of H-pyrrole nitrogens is 1. The number of nitrogens with one attached hydrogen (secondary N) is 2. The Hall–Kier alpha value is -3.26. The summed E-state index contributed by atoms with van der Waals surface area (Å²) >= 11 is 0.988. The highest BCUT2D eigenvalue weighted by atomic mass is 32.1. The van der Waals surface area contributed by atoms with Crippen LogP contribution in [0.3, 0.4) is 0 Å². The number of aromatic amines is 1. The average molecular weight is 369 g/mol. The van der Waals surface area contributed by atoms with Gasteiger partial charge in [-0.25, -0.2) is 14.8 Å². The van der Waals surface area contributed by atoms with Crippen molar-refractivity contribution in [3.63, 3.8) is 0 Å². The third-order valence-corrected chi connectivity index (χ3v) is 4.66. The van der Waals surface area contributed by atoms with Gasteiger partial charge in [0.25, 0.3) is 5.91 Å². The van der Waals surface area contributed by atoms with Crippen molar-refractivity contribution in [2.24, 2.45) is 5.10 Å². The van der Waals surface area contributed by atoms with E-state index in [4.69, 9.17) is 0 Å². The molecule has 8 heteroatoms. The molecule has 132 valence electrons. The molecular formula is C18H17N4O3S+. The lowest BCUT2D eigenvalue weighted by Crippen LogP contribution is -2.32. The Morgan fingerprint density at radius 2 is 2.04 bits per heavy atom. The van der Waals surface area contributed by atoms with Crippen molar-refractivity contribution < 1.29 is 14.5 Å². The Morgan fingerprint density at radius 3 is 2.77 bits per heavy atom. The third kappa shape index (κ3) is 3.70. The number of hydrogen-bond donors (Lipinski definition) is 3. The number of thiazole rings is 1. The molecule has 0 aliphatic rings. The van der Waals surface area contributed by atoms with Crippen LogP contribution < -0.4 is 14.9 Å². The molecule has 0 radical (unpaired) electrons. The first-order valence-electron chi connectivity index (χ1n) is 7.79. The second kappa shape index (κ2) is 7.32. The van der Waals surface area contributed by atoms with Crippen molar-refractivity contribution in [1.29, 1.82) is 0 Å². The van der Waals surface area contributed by atoms with Crippen LogP contribution in [-0.2, 0) is 0 Å². The van der Waals surface area contributed by atoms with Crippen molar-refractivity contribution in [3.8, 4) is 11.6 Å². The van der Waals surface area contributed by atoms with E-state index in [1.807, 2.05) is 32.3 Å². The van der Waals surface area contributed by atoms with Crippen molar-refractivity contribution in [1.82, 2.24) is 10.4 Å². The summed E-state index contributed by atoms with van der Waals surface area (Å²) in [5, 5.41) is 13.6. The number of hydrazone groups is 1. The van der Waals surface area contributed by atoms with Crippen molar-refractivity contribution >= 4 is 23.5 Å². The summed E-state index contributed by atoms with van der Waals surface area (Å²) in [5.74, 6) is -0.0934. The summed E-state index contributed by atoms with van der Waals surface area (Å²) in [6, 6.07) is 8.13. The minimum absolute atomic E-state index is 0.121. The lowest BCUT2D eigenvalue weighted by Gasteiger charge is -2.02. The highest BCUT2D eigenvalue weighted by Gasteiger charge is 2.17. The Labute approximate surface area is 153 Å². The van der Waals surface area contributed by atoms with E-state index < -0.39 is 5.91 Å². The number of amides is 1. The van der Waals surface area contributed by atoms with Gasteiger partial charge in [-0.3, -0.25) is 4.79 Å². The summed E-state index contributed by atoms with van der Waals surface area (Å²) in [6.45, 7) is 3.99. The maximum Gasteiger partial charge on any atom is 0.390 e. The van der Waals surface area contributed by atoms with E-state index in [-0.39, 0.29) is 16.2 Å². The number of nitrogens with zero attached hydrogens (tertiary/aromatic N) is 2. The molecule has 1 amide bonds. The van der Waals surface area contributed by atoms with E-state index in [0.29, 0.717) is 10.7 Å². The molecule has 0 saturated carbocycles. The molecular weight excluding hydrogens is 352 g/mol. The zero-order valence-corrected chi connectivity index (χ0v) is 15.0. The number of phenolic OH excluding ortho intramolecular Hbond substituents is 1. The van der Waals surface area contributed by atoms with E-state index in [9.17, 15) is 14.7 Å². The maximum atomic E-state index is 12.0. The van der Waals surface area contributed by atoms with Crippen molar-refractivity contribution in [2.75, 3.05) is 0 Å². The monoisotopic (exact) mass is 369 g/mol. The molecule has 7 nitrogen and oxygen atoms in total. The molecule has 26 heavy (non-hydrogen) atoms. The summed E-state index contributed by atoms with van der Waals surface area (Å²) in [7, 11) is 0. The summed E-state index contributed by atoms with van der Waals surface area (Å²) in [4.78, 5) is 26.9. The lowest BCUT2D eigenvalue weighted by atomic mass is 10.2. The van der Waals surface area contributed by atoms with Gasteiger partial charge in [-0.2, -0.15) is 10.1 Å². The average Bonchev–Trinajstić information content (AvgIpc) is 2.98. The van der Waals surface area contributed by atoms with Crippen LogP contribution >= 0.6 is 11.3 Å². The van der Waals surface area contributed by atoms with Gasteiger partial charge in [0.15, 0.2) is 0 Å². The Kier molecular flexibility index (Phi) is 4.94. The molecule has 3 N–H and O–H groups in total. The SMILES string of the molecule is Cc1cc[n+](-c2[nH]c(=O)sc2/C=N/NC(=O)c2ccccc2O)cc1C. The number of rotatable bonds is 4. The van der Waals surface area contributed by atoms with E-state index >= 15 is 0 Å². The zero-order valence-electron chi connectivity index (χ0n) is 14.2. The van der Waals surface area contributed by atoms with Crippen LogP contribution in [0, 0.1) is 13.8 Å². The van der Waals surface area contributed by atoms with E-state index in [0.717, 1.165) is 22.5 Å². The molecule has 0 bridgehead atoms. The van der Waals surface area contributed by atoms with Gasteiger partial charge in [-0.05, 0) is 54.5 Å². The van der Waals surface area contributed by atoms with Gasteiger partial charge < -0.3 is 5.11 Å². The standard InChI is InChI=1S/C18H16N4O3S/c1-11-7-8-22(10-12(11)2)16-15(26-18(25)20-16)9-19-21-17(24)13-5-3-4-6-14(13)23/h3-10H,1-2H3,(H2-,19,20,21,23,24,25)/p+1. The lowest BCUT2D eigenvalue weighted by molar-refractivity contribution is -0.599. The first-order chi connectivity index (χ1) is 12.5. The van der Waals surface area contributed by atoms with Gasteiger partial charge in [0.05, 0.1) is 24.2 Å². The Morgan fingerprint density at radius 1 is 1.27 bits per heavy atom. The third-order valence-electron chi connectivity index (χ3n) is 3.85. The molecule has 0 unspecified atom stereocenters. The molecule has 0 aliphatic carbocycles. The van der Waals surface area contributed by atoms with Gasteiger partial charge in [0, 0.05) is 0 Å². The first-order valence-corrected chi connectivity index (χ1v) is 8.61. The van der Waals surface area contributed by atoms with Crippen LogP contribution in [0.2, 0.25) is 0 Å². The summed E-state index contributed by atoms with van der Waals surface area (Å²) in [6.07, 6.45) is 5.15. The van der Waals surface area contributed by atoms with Crippen molar-refractivity contribution in [3.05, 3.63) is 74.0 Å². The highest BCUT2D eigenvalue weighted by molar-refractivity contribution is 7.11. The molecule has 3 rings (SSSR count). The number of pyridine rings is 1. The quantitative estimate of drug-likeness (QED) is 0.371. The molecule has 0 atom stereocenters. The minimum atomic E-state index is -0.539. The maximum absolute atomic E-state index is 12.0. The molecule has 3 aromatic rings. The molecule has 0 spiro atoms. The Balaban J connectivity index is 1.83. The molecule has 2 aromatic heterocycles. The number of benzene rings is 1. The zero-order chi connectivity index (χ0) is 18.7. The smallest absolute Gasteiger partial charge is 0.390 e. The van der Waals surface area contributed by atoms with Crippen LogP contribution in [0.1, 0.15) is 26.4 Å². The van der Waals surface area contributed by atoms with Crippen LogP contribution in [0.4, 0.5) is 0 Å². The minimum Gasteiger partial charge on any atom is -0.507 e. The van der Waals surface area contributed by atoms with Gasteiger partial charge in [0.2, 0.25) is 0 Å². The van der Waals surface area contributed by atoms with Crippen LogP contribution in [0.25, 0.3) is 5.82 Å². The molecule has 0 fully saturated rings. The predicted octanol–water partition coefficient (Wildman–Crippen LogP) is 1.80. The second-order valence-electron chi connectivity index (χ2n) is 5.66. The number of carbonyl (C=O) groups is 1.